The number of hydrogen-bond donors (Lipinski definition) is 0. The molecule has 3 nitrogen and oxygen atoms in total. The van der Waals surface area contributed by atoms with Gasteiger partial charge in [-0.25, -0.2) is 9.57 Å². The molecule has 0 spiro atoms. The third-order valence-corrected chi connectivity index (χ3v) is 3.83. The van der Waals surface area contributed by atoms with E-state index in [1.807, 2.05) is 14.1 Å². The summed E-state index contributed by atoms with van der Waals surface area (Å²) in [6, 6.07) is 8.57. The standard InChI is InChI=1S/C20H28N3/c1-5-15-23(16-6-2)20-13-9-18(10-14-20)21-17-7-11-19(12-8-17)22(3)4/h7-14H,5-6,15-16H2,1-4H3/q+1. The van der Waals surface area contributed by atoms with E-state index in [4.69, 9.17) is 4.99 Å². The second kappa shape index (κ2) is 8.47. The van der Waals surface area contributed by atoms with Gasteiger partial charge in [-0.15, -0.1) is 0 Å². The SMILES string of the molecule is CCCN(CCC)c1ccc(N=C2C=CC(=[N+](C)C)C=C2)cc1. The molecule has 1 aliphatic carbocycles. The lowest BCUT2D eigenvalue weighted by atomic mass is 10.1. The number of aliphatic imine (C=N–C) groups is 1. The van der Waals surface area contributed by atoms with Crippen molar-refractivity contribution >= 4 is 22.8 Å². The molecular formula is C20H28N3+. The minimum Gasteiger partial charge on any atom is -0.372 e. The quantitative estimate of drug-likeness (QED) is 0.568. The summed E-state index contributed by atoms with van der Waals surface area (Å²) >= 11 is 0. The maximum absolute atomic E-state index is 4.70. The minimum atomic E-state index is 0.988. The zero-order valence-electron chi connectivity index (χ0n) is 14.8. The Labute approximate surface area is 140 Å². The van der Waals surface area contributed by atoms with Crippen molar-refractivity contribution in [1.29, 1.82) is 0 Å². The molecule has 0 heterocycles. The van der Waals surface area contributed by atoms with Crippen molar-refractivity contribution in [2.75, 3.05) is 32.1 Å². The fraction of sp³-hybridized carbons (Fsp3) is 0.400. The molecule has 0 aromatic heterocycles. The normalized spacial score (nSPS) is 13.4. The number of benzene rings is 1. The third kappa shape index (κ3) is 4.92. The highest BCUT2D eigenvalue weighted by molar-refractivity contribution is 6.17. The lowest BCUT2D eigenvalue weighted by Gasteiger charge is -2.23. The molecule has 0 N–H and O–H groups in total. The first-order valence-corrected chi connectivity index (χ1v) is 8.48. The molecule has 122 valence electrons. The highest BCUT2D eigenvalue weighted by Gasteiger charge is 2.06. The Hall–Kier alpha value is -2.16. The Kier molecular flexibility index (Phi) is 6.33. The number of allylic oxidation sites excluding steroid dienone is 4. The van der Waals surface area contributed by atoms with Gasteiger partial charge in [0.25, 0.3) is 0 Å². The number of hydrogen-bond acceptors (Lipinski definition) is 2. The van der Waals surface area contributed by atoms with Gasteiger partial charge in [0.2, 0.25) is 0 Å². The van der Waals surface area contributed by atoms with Crippen LogP contribution < -0.4 is 4.90 Å². The molecule has 0 saturated carbocycles. The zero-order chi connectivity index (χ0) is 16.7. The molecule has 0 saturated heterocycles. The molecule has 0 amide bonds. The van der Waals surface area contributed by atoms with E-state index in [0.29, 0.717) is 0 Å². The van der Waals surface area contributed by atoms with Gasteiger partial charge in [-0.2, -0.15) is 0 Å². The van der Waals surface area contributed by atoms with E-state index in [-0.39, 0.29) is 0 Å². The van der Waals surface area contributed by atoms with Crippen molar-refractivity contribution in [1.82, 2.24) is 0 Å². The maximum atomic E-state index is 4.70. The summed E-state index contributed by atoms with van der Waals surface area (Å²) in [6.07, 6.45) is 10.6. The van der Waals surface area contributed by atoms with E-state index < -0.39 is 0 Å². The summed E-state index contributed by atoms with van der Waals surface area (Å²) in [7, 11) is 4.09. The summed E-state index contributed by atoms with van der Waals surface area (Å²) in [5, 5.41) is 0. The number of rotatable bonds is 6. The largest absolute Gasteiger partial charge is 0.372 e. The fourth-order valence-corrected chi connectivity index (χ4v) is 2.62. The summed E-state index contributed by atoms with van der Waals surface area (Å²) in [5.74, 6) is 0. The Bertz CT molecular complexity index is 605. The van der Waals surface area contributed by atoms with Crippen LogP contribution in [0.25, 0.3) is 0 Å². The van der Waals surface area contributed by atoms with Gasteiger partial charge in [0.15, 0.2) is 5.71 Å². The molecule has 0 fully saturated rings. The van der Waals surface area contributed by atoms with Gasteiger partial charge in [-0.1, -0.05) is 13.8 Å². The summed E-state index contributed by atoms with van der Waals surface area (Å²) in [5.41, 5.74) is 4.46. The average molecular weight is 310 g/mol. The Morgan fingerprint density at radius 1 is 0.870 bits per heavy atom. The van der Waals surface area contributed by atoms with E-state index in [1.165, 1.54) is 24.2 Å². The van der Waals surface area contributed by atoms with Crippen LogP contribution in [0.4, 0.5) is 11.4 Å². The van der Waals surface area contributed by atoms with Crippen LogP contribution in [-0.2, 0) is 0 Å². The van der Waals surface area contributed by atoms with Crippen molar-refractivity contribution in [3.8, 4) is 0 Å². The van der Waals surface area contributed by atoms with Crippen LogP contribution >= 0.6 is 0 Å². The van der Waals surface area contributed by atoms with Crippen LogP contribution in [0.2, 0.25) is 0 Å². The predicted octanol–water partition coefficient (Wildman–Crippen LogP) is 4.22. The van der Waals surface area contributed by atoms with Gasteiger partial charge in [0.1, 0.15) is 14.1 Å². The topological polar surface area (TPSA) is 18.6 Å². The predicted molar refractivity (Wildman–Crippen MR) is 102 cm³/mol. The molecule has 23 heavy (non-hydrogen) atoms. The minimum absolute atomic E-state index is 0.988. The van der Waals surface area contributed by atoms with E-state index in [9.17, 15) is 0 Å². The first-order chi connectivity index (χ1) is 11.1. The second-order valence-electron chi connectivity index (χ2n) is 6.03. The van der Waals surface area contributed by atoms with E-state index >= 15 is 0 Å². The van der Waals surface area contributed by atoms with Crippen molar-refractivity contribution in [2.45, 2.75) is 26.7 Å². The smallest absolute Gasteiger partial charge is 0.199 e. The maximum Gasteiger partial charge on any atom is 0.199 e. The molecule has 1 aromatic carbocycles. The highest BCUT2D eigenvalue weighted by Crippen LogP contribution is 2.21. The van der Waals surface area contributed by atoms with Gasteiger partial charge in [0, 0.05) is 30.9 Å². The van der Waals surface area contributed by atoms with E-state index in [1.54, 1.807) is 0 Å². The number of nitrogens with zero attached hydrogens (tertiary/aromatic N) is 3. The fourth-order valence-electron chi connectivity index (χ4n) is 2.62. The molecule has 1 aromatic rings. The summed E-state index contributed by atoms with van der Waals surface area (Å²) in [4.78, 5) is 7.14. The lowest BCUT2D eigenvalue weighted by molar-refractivity contribution is -0.462. The molecule has 2 rings (SSSR count). The van der Waals surface area contributed by atoms with Crippen LogP contribution in [0.1, 0.15) is 26.7 Å². The summed E-state index contributed by atoms with van der Waals surface area (Å²) in [6.45, 7) is 6.67. The molecule has 0 unspecified atom stereocenters. The van der Waals surface area contributed by atoms with Crippen LogP contribution in [0.3, 0.4) is 0 Å². The van der Waals surface area contributed by atoms with E-state index in [0.717, 1.165) is 24.5 Å². The highest BCUT2D eigenvalue weighted by atomic mass is 15.1. The molecule has 0 aliphatic heterocycles. The lowest BCUT2D eigenvalue weighted by Crippen LogP contribution is -2.24. The zero-order valence-corrected chi connectivity index (χ0v) is 14.8. The molecule has 0 atom stereocenters. The summed E-state index contributed by atoms with van der Waals surface area (Å²) < 4.78 is 2.09. The third-order valence-electron chi connectivity index (χ3n) is 3.83. The second-order valence-corrected chi connectivity index (χ2v) is 6.03. The van der Waals surface area contributed by atoms with Crippen molar-refractivity contribution < 1.29 is 4.58 Å². The Morgan fingerprint density at radius 2 is 1.43 bits per heavy atom. The first kappa shape index (κ1) is 17.2. The monoisotopic (exact) mass is 310 g/mol. The average Bonchev–Trinajstić information content (AvgIpc) is 2.56. The molecular weight excluding hydrogens is 282 g/mol. The molecule has 1 aliphatic rings. The van der Waals surface area contributed by atoms with Crippen LogP contribution in [0.5, 0.6) is 0 Å². The van der Waals surface area contributed by atoms with Crippen LogP contribution in [-0.4, -0.2) is 43.2 Å². The first-order valence-electron chi connectivity index (χ1n) is 8.48. The van der Waals surface area contributed by atoms with Gasteiger partial charge in [-0.3, -0.25) is 0 Å². The van der Waals surface area contributed by atoms with Crippen molar-refractivity contribution in [3.05, 3.63) is 48.6 Å². The molecule has 0 bridgehead atoms. The van der Waals surface area contributed by atoms with Crippen molar-refractivity contribution in [2.24, 2.45) is 4.99 Å². The van der Waals surface area contributed by atoms with Crippen LogP contribution in [0, 0.1) is 0 Å². The number of anilines is 1. The van der Waals surface area contributed by atoms with Gasteiger partial charge in [0.05, 0.1) is 11.4 Å². The van der Waals surface area contributed by atoms with Crippen molar-refractivity contribution in [3.63, 3.8) is 0 Å². The molecule has 0 radical (unpaired) electrons. The Morgan fingerprint density at radius 3 is 1.91 bits per heavy atom. The Balaban J connectivity index is 2.11. The van der Waals surface area contributed by atoms with E-state index in [2.05, 4.69) is 71.9 Å². The molecule has 3 heteroatoms. The van der Waals surface area contributed by atoms with Gasteiger partial charge in [-0.05, 0) is 49.3 Å². The van der Waals surface area contributed by atoms with Gasteiger partial charge < -0.3 is 4.90 Å². The van der Waals surface area contributed by atoms with Crippen LogP contribution in [0.15, 0.2) is 53.6 Å². The van der Waals surface area contributed by atoms with Gasteiger partial charge >= 0.3 is 0 Å².